The summed E-state index contributed by atoms with van der Waals surface area (Å²) in [4.78, 5) is 22.2. The molecule has 3 rings (SSSR count). The highest BCUT2D eigenvalue weighted by atomic mass is 19.4. The maximum Gasteiger partial charge on any atom is 0.416 e. The van der Waals surface area contributed by atoms with E-state index >= 15 is 0 Å². The number of benzene rings is 2. The number of hydrogen-bond donors (Lipinski definition) is 4. The molecule has 0 fully saturated rings. The summed E-state index contributed by atoms with van der Waals surface area (Å²) < 4.78 is 38.7. The first-order valence-electron chi connectivity index (χ1n) is 8.81. The van der Waals surface area contributed by atoms with E-state index in [4.69, 9.17) is 0 Å². The molecule has 3 aromatic rings. The first-order chi connectivity index (χ1) is 15.2. The number of phenols is 1. The van der Waals surface area contributed by atoms with E-state index in [2.05, 4.69) is 36.1 Å². The molecule has 0 atom stereocenters. The van der Waals surface area contributed by atoms with Gasteiger partial charge in [0, 0.05) is 24.4 Å². The molecule has 0 unspecified atom stereocenters. The summed E-state index contributed by atoms with van der Waals surface area (Å²) in [5.41, 5.74) is 1.31. The van der Waals surface area contributed by atoms with E-state index in [1.54, 1.807) is 0 Å². The fraction of sp³-hybridized carbons (Fsp3) is 0.111. The normalized spacial score (nSPS) is 11.4. The summed E-state index contributed by atoms with van der Waals surface area (Å²) in [5.74, 6) is -0.633. The van der Waals surface area contributed by atoms with Gasteiger partial charge in [0.2, 0.25) is 23.6 Å². The Morgan fingerprint density at radius 1 is 1.09 bits per heavy atom. The summed E-state index contributed by atoms with van der Waals surface area (Å²) in [5, 5.41) is 30.0. The zero-order valence-electron chi connectivity index (χ0n) is 16.3. The molecule has 0 saturated carbocycles. The van der Waals surface area contributed by atoms with Gasteiger partial charge in [0.15, 0.2) is 0 Å². The van der Waals surface area contributed by atoms with Crippen LogP contribution in [0.4, 0.5) is 42.4 Å². The highest BCUT2D eigenvalue weighted by molar-refractivity contribution is 5.85. The number of halogens is 3. The third-order valence-corrected chi connectivity index (χ3v) is 3.92. The molecule has 1 heterocycles. The molecule has 14 heteroatoms. The molecule has 11 nitrogen and oxygen atoms in total. The Morgan fingerprint density at radius 2 is 1.78 bits per heavy atom. The molecule has 0 aliphatic carbocycles. The molecule has 0 saturated heterocycles. The largest absolute Gasteiger partial charge is 0.502 e. The van der Waals surface area contributed by atoms with Gasteiger partial charge in [-0.2, -0.15) is 33.2 Å². The van der Waals surface area contributed by atoms with Crippen LogP contribution in [0.25, 0.3) is 0 Å². The molecule has 0 amide bonds. The third-order valence-electron chi connectivity index (χ3n) is 3.92. The fourth-order valence-corrected chi connectivity index (χ4v) is 2.46. The van der Waals surface area contributed by atoms with Gasteiger partial charge in [-0.15, -0.1) is 0 Å². The smallest absolute Gasteiger partial charge is 0.416 e. The summed E-state index contributed by atoms with van der Waals surface area (Å²) in [7, 11) is 1.53. The standard InChI is InChI=1S/C18H15F3N8O3/c1-22-15-25-16(24-12-6-3-5-11(8-12)18(19,20)21)27-17(26-15)28-23-9-10-4-2-7-13(14(10)30)29(31)32/h2-9,30H,1H3,(H3,22,24,25,26,27,28). The Hall–Kier alpha value is -4.49. The zero-order valence-corrected chi connectivity index (χ0v) is 16.3. The Balaban J connectivity index is 1.81. The minimum Gasteiger partial charge on any atom is -0.502 e. The minimum absolute atomic E-state index is 0.0666. The van der Waals surface area contributed by atoms with Gasteiger partial charge in [0.1, 0.15) is 0 Å². The molecule has 4 N–H and O–H groups in total. The van der Waals surface area contributed by atoms with Crippen molar-refractivity contribution in [1.29, 1.82) is 0 Å². The van der Waals surface area contributed by atoms with Crippen molar-refractivity contribution in [3.8, 4) is 5.75 Å². The van der Waals surface area contributed by atoms with E-state index < -0.39 is 28.1 Å². The number of hydrogen-bond acceptors (Lipinski definition) is 10. The lowest BCUT2D eigenvalue weighted by atomic mass is 10.2. The van der Waals surface area contributed by atoms with Crippen LogP contribution in [0.2, 0.25) is 0 Å². The zero-order chi connectivity index (χ0) is 23.3. The predicted molar refractivity (Wildman–Crippen MR) is 110 cm³/mol. The highest BCUT2D eigenvalue weighted by Crippen LogP contribution is 2.31. The van der Waals surface area contributed by atoms with Crippen molar-refractivity contribution in [1.82, 2.24) is 15.0 Å². The van der Waals surface area contributed by atoms with Crippen molar-refractivity contribution in [3.05, 3.63) is 63.7 Å². The number of nitrogens with one attached hydrogen (secondary N) is 3. The second kappa shape index (κ2) is 9.11. The highest BCUT2D eigenvalue weighted by Gasteiger charge is 2.30. The summed E-state index contributed by atoms with van der Waals surface area (Å²) >= 11 is 0. The number of aromatic nitrogens is 3. The van der Waals surface area contributed by atoms with E-state index in [1.807, 2.05) is 0 Å². The van der Waals surface area contributed by atoms with Crippen LogP contribution in [0.3, 0.4) is 0 Å². The minimum atomic E-state index is -4.51. The monoisotopic (exact) mass is 448 g/mol. The number of aromatic hydroxyl groups is 1. The summed E-state index contributed by atoms with van der Waals surface area (Å²) in [6.45, 7) is 0. The van der Waals surface area contributed by atoms with E-state index in [0.29, 0.717) is 0 Å². The molecule has 0 aliphatic rings. The number of nitrogens with zero attached hydrogens (tertiary/aromatic N) is 5. The molecule has 32 heavy (non-hydrogen) atoms. The fourth-order valence-electron chi connectivity index (χ4n) is 2.46. The molecule has 0 spiro atoms. The molecule has 166 valence electrons. The Morgan fingerprint density at radius 3 is 2.47 bits per heavy atom. The van der Waals surface area contributed by atoms with Crippen molar-refractivity contribution < 1.29 is 23.2 Å². The third kappa shape index (κ3) is 5.35. The van der Waals surface area contributed by atoms with Gasteiger partial charge in [-0.1, -0.05) is 12.1 Å². The predicted octanol–water partition coefficient (Wildman–Crippen LogP) is 3.74. The van der Waals surface area contributed by atoms with Gasteiger partial charge in [-0.25, -0.2) is 5.43 Å². The van der Waals surface area contributed by atoms with Crippen molar-refractivity contribution in [2.24, 2.45) is 5.10 Å². The lowest BCUT2D eigenvalue weighted by Gasteiger charge is -2.11. The van der Waals surface area contributed by atoms with Crippen LogP contribution < -0.4 is 16.1 Å². The van der Waals surface area contributed by atoms with E-state index in [1.165, 1.54) is 31.3 Å². The van der Waals surface area contributed by atoms with Crippen molar-refractivity contribution in [2.45, 2.75) is 6.18 Å². The molecule has 2 aromatic carbocycles. The van der Waals surface area contributed by atoms with Crippen LogP contribution in [0.1, 0.15) is 11.1 Å². The number of para-hydroxylation sites is 1. The van der Waals surface area contributed by atoms with Gasteiger partial charge >= 0.3 is 11.9 Å². The first-order valence-corrected chi connectivity index (χ1v) is 8.81. The lowest BCUT2D eigenvalue weighted by molar-refractivity contribution is -0.385. The maximum atomic E-state index is 12.9. The summed E-state index contributed by atoms with van der Waals surface area (Å²) in [6, 6.07) is 8.40. The number of phenolic OH excluding ortho intramolecular Hbond substituents is 1. The van der Waals surface area contributed by atoms with Crippen molar-refractivity contribution >= 4 is 35.4 Å². The Labute approximate surface area is 178 Å². The quantitative estimate of drug-likeness (QED) is 0.241. The lowest BCUT2D eigenvalue weighted by Crippen LogP contribution is -2.08. The van der Waals surface area contributed by atoms with Crippen molar-refractivity contribution in [3.63, 3.8) is 0 Å². The van der Waals surface area contributed by atoms with E-state index in [9.17, 15) is 28.4 Å². The van der Waals surface area contributed by atoms with Crippen LogP contribution in [0.15, 0.2) is 47.6 Å². The summed E-state index contributed by atoms with van der Waals surface area (Å²) in [6.07, 6.45) is -3.39. The second-order valence-electron chi connectivity index (χ2n) is 6.10. The molecule has 1 aromatic heterocycles. The second-order valence-corrected chi connectivity index (χ2v) is 6.10. The number of alkyl halides is 3. The van der Waals surface area contributed by atoms with Crippen LogP contribution in [0.5, 0.6) is 5.75 Å². The number of anilines is 4. The number of nitro benzene ring substituents is 1. The van der Waals surface area contributed by atoms with Gasteiger partial charge in [0.25, 0.3) is 0 Å². The van der Waals surface area contributed by atoms with E-state index in [0.717, 1.165) is 24.4 Å². The first kappa shape index (κ1) is 22.2. The van der Waals surface area contributed by atoms with Gasteiger partial charge in [-0.05, 0) is 24.3 Å². The van der Waals surface area contributed by atoms with Gasteiger partial charge in [-0.3, -0.25) is 10.1 Å². The van der Waals surface area contributed by atoms with Gasteiger partial charge in [0.05, 0.1) is 16.7 Å². The average molecular weight is 448 g/mol. The molecule has 0 aliphatic heterocycles. The van der Waals surface area contributed by atoms with Crippen LogP contribution >= 0.6 is 0 Å². The van der Waals surface area contributed by atoms with Crippen LogP contribution in [-0.2, 0) is 6.18 Å². The number of nitro groups is 1. The van der Waals surface area contributed by atoms with Crippen LogP contribution in [-0.4, -0.2) is 38.2 Å². The van der Waals surface area contributed by atoms with Crippen LogP contribution in [0, 0.1) is 10.1 Å². The Kier molecular flexibility index (Phi) is 6.32. The Bertz CT molecular complexity index is 1170. The van der Waals surface area contributed by atoms with E-state index in [-0.39, 0.29) is 29.1 Å². The molecular formula is C18H15F3N8O3. The topological polar surface area (TPSA) is 150 Å². The maximum absolute atomic E-state index is 12.9. The van der Waals surface area contributed by atoms with Gasteiger partial charge < -0.3 is 15.7 Å². The SMILES string of the molecule is CNc1nc(NN=Cc2cccc([N+](=O)[O-])c2O)nc(Nc2cccc(C(F)(F)F)c2)n1. The van der Waals surface area contributed by atoms with Crippen molar-refractivity contribution in [2.75, 3.05) is 23.1 Å². The molecular weight excluding hydrogens is 433 g/mol. The number of hydrazone groups is 1. The number of rotatable bonds is 7. The molecule has 0 radical (unpaired) electrons. The molecule has 0 bridgehead atoms. The average Bonchev–Trinajstić information content (AvgIpc) is 2.74.